The summed E-state index contributed by atoms with van der Waals surface area (Å²) in [6.45, 7) is 5.04. The van der Waals surface area contributed by atoms with Crippen molar-refractivity contribution in [1.29, 1.82) is 0 Å². The second kappa shape index (κ2) is 5.87. The zero-order chi connectivity index (χ0) is 14.7. The second-order valence-corrected chi connectivity index (χ2v) is 5.02. The standard InChI is InChI=1S/C17H18N4/c1-3-9-19-16-11-12(2)20-17(21-16)14-8-10-18-15-7-5-4-6-13(14)15/h4-8,10-11H,3,9H2,1-2H3,(H,19,20,21). The lowest BCUT2D eigenvalue weighted by Gasteiger charge is -2.09. The molecule has 0 saturated carbocycles. The van der Waals surface area contributed by atoms with Crippen LogP contribution in [-0.4, -0.2) is 21.5 Å². The highest BCUT2D eigenvalue weighted by Gasteiger charge is 2.09. The average Bonchev–Trinajstić information content (AvgIpc) is 2.52. The zero-order valence-corrected chi connectivity index (χ0v) is 12.3. The monoisotopic (exact) mass is 278 g/mol. The number of hydrogen-bond acceptors (Lipinski definition) is 4. The molecule has 3 aromatic rings. The molecule has 0 radical (unpaired) electrons. The van der Waals surface area contributed by atoms with Crippen LogP contribution in [0.5, 0.6) is 0 Å². The van der Waals surface area contributed by atoms with Gasteiger partial charge in [0.15, 0.2) is 5.82 Å². The first-order chi connectivity index (χ1) is 10.3. The minimum atomic E-state index is 0.743. The molecule has 0 unspecified atom stereocenters. The molecule has 0 aliphatic rings. The smallest absolute Gasteiger partial charge is 0.162 e. The molecule has 2 aromatic heterocycles. The Morgan fingerprint density at radius 2 is 1.95 bits per heavy atom. The fourth-order valence-electron chi connectivity index (χ4n) is 2.32. The van der Waals surface area contributed by atoms with Crippen LogP contribution in [0.1, 0.15) is 19.0 Å². The van der Waals surface area contributed by atoms with Crippen molar-refractivity contribution in [2.24, 2.45) is 0 Å². The third kappa shape index (κ3) is 2.84. The van der Waals surface area contributed by atoms with E-state index >= 15 is 0 Å². The number of aryl methyl sites for hydroxylation is 1. The topological polar surface area (TPSA) is 50.7 Å². The number of aromatic nitrogens is 3. The highest BCUT2D eigenvalue weighted by molar-refractivity contribution is 5.92. The summed E-state index contributed by atoms with van der Waals surface area (Å²) in [7, 11) is 0. The van der Waals surface area contributed by atoms with E-state index in [9.17, 15) is 0 Å². The molecule has 2 heterocycles. The lowest BCUT2D eigenvalue weighted by molar-refractivity contribution is 0.962. The highest BCUT2D eigenvalue weighted by Crippen LogP contribution is 2.25. The van der Waals surface area contributed by atoms with Gasteiger partial charge in [0, 0.05) is 35.5 Å². The maximum absolute atomic E-state index is 4.64. The van der Waals surface area contributed by atoms with Crippen LogP contribution in [0.4, 0.5) is 5.82 Å². The van der Waals surface area contributed by atoms with Gasteiger partial charge in [-0.05, 0) is 25.5 Å². The molecular formula is C17H18N4. The molecule has 0 spiro atoms. The summed E-state index contributed by atoms with van der Waals surface area (Å²) in [5, 5.41) is 4.40. The molecule has 4 heteroatoms. The minimum absolute atomic E-state index is 0.743. The van der Waals surface area contributed by atoms with Crippen LogP contribution in [0.15, 0.2) is 42.6 Å². The third-order valence-electron chi connectivity index (χ3n) is 3.30. The Morgan fingerprint density at radius 1 is 1.10 bits per heavy atom. The van der Waals surface area contributed by atoms with Gasteiger partial charge in [0.2, 0.25) is 0 Å². The average molecular weight is 278 g/mol. The summed E-state index contributed by atoms with van der Waals surface area (Å²) >= 11 is 0. The maximum atomic E-state index is 4.64. The molecule has 0 atom stereocenters. The van der Waals surface area contributed by atoms with Gasteiger partial charge in [0.25, 0.3) is 0 Å². The molecule has 0 saturated heterocycles. The zero-order valence-electron chi connectivity index (χ0n) is 12.3. The minimum Gasteiger partial charge on any atom is -0.370 e. The van der Waals surface area contributed by atoms with Crippen molar-refractivity contribution < 1.29 is 0 Å². The van der Waals surface area contributed by atoms with E-state index in [1.54, 1.807) is 0 Å². The Hall–Kier alpha value is -2.49. The Kier molecular flexibility index (Phi) is 3.77. The van der Waals surface area contributed by atoms with Crippen LogP contribution >= 0.6 is 0 Å². The number of fused-ring (bicyclic) bond motifs is 1. The number of hydrogen-bond donors (Lipinski definition) is 1. The third-order valence-corrected chi connectivity index (χ3v) is 3.30. The Bertz CT molecular complexity index is 762. The van der Waals surface area contributed by atoms with Crippen LogP contribution < -0.4 is 5.32 Å². The van der Waals surface area contributed by atoms with Gasteiger partial charge in [-0.15, -0.1) is 0 Å². The summed E-state index contributed by atoms with van der Waals surface area (Å²) in [4.78, 5) is 13.6. The van der Waals surface area contributed by atoms with Crippen molar-refractivity contribution in [2.45, 2.75) is 20.3 Å². The molecule has 0 aliphatic carbocycles. The molecule has 1 N–H and O–H groups in total. The van der Waals surface area contributed by atoms with Crippen molar-refractivity contribution in [3.05, 3.63) is 48.3 Å². The summed E-state index contributed by atoms with van der Waals surface area (Å²) in [6.07, 6.45) is 2.87. The van der Waals surface area contributed by atoms with Crippen molar-refractivity contribution in [1.82, 2.24) is 15.0 Å². The number of pyridine rings is 1. The Morgan fingerprint density at radius 3 is 2.81 bits per heavy atom. The maximum Gasteiger partial charge on any atom is 0.162 e. The fraction of sp³-hybridized carbons (Fsp3) is 0.235. The number of benzene rings is 1. The van der Waals surface area contributed by atoms with Crippen molar-refractivity contribution in [3.63, 3.8) is 0 Å². The number of nitrogens with zero attached hydrogens (tertiary/aromatic N) is 3. The van der Waals surface area contributed by atoms with Gasteiger partial charge in [-0.1, -0.05) is 25.1 Å². The molecule has 21 heavy (non-hydrogen) atoms. The van der Waals surface area contributed by atoms with E-state index in [-0.39, 0.29) is 0 Å². The van der Waals surface area contributed by atoms with Crippen LogP contribution in [0.25, 0.3) is 22.3 Å². The van der Waals surface area contributed by atoms with Gasteiger partial charge in [0.05, 0.1) is 5.52 Å². The molecule has 3 rings (SSSR count). The van der Waals surface area contributed by atoms with E-state index in [0.717, 1.165) is 46.8 Å². The van der Waals surface area contributed by atoms with Crippen molar-refractivity contribution >= 4 is 16.7 Å². The number of para-hydroxylation sites is 1. The Labute approximate surface area is 124 Å². The molecule has 0 amide bonds. The number of anilines is 1. The van der Waals surface area contributed by atoms with E-state index in [1.165, 1.54) is 0 Å². The fourth-order valence-corrected chi connectivity index (χ4v) is 2.32. The van der Waals surface area contributed by atoms with Gasteiger partial charge in [-0.3, -0.25) is 4.98 Å². The first kappa shape index (κ1) is 13.5. The SMILES string of the molecule is CCCNc1cc(C)nc(-c2ccnc3ccccc23)n1. The van der Waals surface area contributed by atoms with Crippen LogP contribution in [-0.2, 0) is 0 Å². The molecule has 106 valence electrons. The van der Waals surface area contributed by atoms with E-state index < -0.39 is 0 Å². The quantitative estimate of drug-likeness (QED) is 0.788. The first-order valence-corrected chi connectivity index (χ1v) is 7.21. The highest BCUT2D eigenvalue weighted by atomic mass is 15.0. The first-order valence-electron chi connectivity index (χ1n) is 7.21. The normalized spacial score (nSPS) is 10.8. The molecule has 1 aromatic carbocycles. The van der Waals surface area contributed by atoms with E-state index in [0.29, 0.717) is 0 Å². The van der Waals surface area contributed by atoms with Crippen LogP contribution in [0.3, 0.4) is 0 Å². The lowest BCUT2D eigenvalue weighted by Crippen LogP contribution is -2.04. The summed E-state index contributed by atoms with van der Waals surface area (Å²) in [5.41, 5.74) is 2.94. The van der Waals surface area contributed by atoms with Crippen LogP contribution in [0.2, 0.25) is 0 Å². The Balaban J connectivity index is 2.12. The predicted octanol–water partition coefficient (Wildman–Crippen LogP) is 3.82. The van der Waals surface area contributed by atoms with Gasteiger partial charge >= 0.3 is 0 Å². The summed E-state index contributed by atoms with van der Waals surface area (Å²) < 4.78 is 0. The van der Waals surface area contributed by atoms with E-state index in [2.05, 4.69) is 33.3 Å². The largest absolute Gasteiger partial charge is 0.370 e. The second-order valence-electron chi connectivity index (χ2n) is 5.02. The summed E-state index contributed by atoms with van der Waals surface area (Å²) in [5.74, 6) is 1.62. The van der Waals surface area contributed by atoms with Gasteiger partial charge < -0.3 is 5.32 Å². The molecular weight excluding hydrogens is 260 g/mol. The van der Waals surface area contributed by atoms with E-state index in [1.807, 2.05) is 43.5 Å². The van der Waals surface area contributed by atoms with Crippen molar-refractivity contribution in [3.8, 4) is 11.4 Å². The van der Waals surface area contributed by atoms with Gasteiger partial charge in [-0.25, -0.2) is 9.97 Å². The van der Waals surface area contributed by atoms with Crippen molar-refractivity contribution in [2.75, 3.05) is 11.9 Å². The molecule has 0 fully saturated rings. The number of nitrogens with one attached hydrogen (secondary N) is 1. The summed E-state index contributed by atoms with van der Waals surface area (Å²) in [6, 6.07) is 12.0. The van der Waals surface area contributed by atoms with Gasteiger partial charge in [-0.2, -0.15) is 0 Å². The number of rotatable bonds is 4. The van der Waals surface area contributed by atoms with Gasteiger partial charge in [0.1, 0.15) is 5.82 Å². The molecule has 0 aliphatic heterocycles. The van der Waals surface area contributed by atoms with E-state index in [4.69, 9.17) is 0 Å². The van der Waals surface area contributed by atoms with Crippen LogP contribution in [0, 0.1) is 6.92 Å². The predicted molar refractivity (Wildman–Crippen MR) is 86.3 cm³/mol. The lowest BCUT2D eigenvalue weighted by atomic mass is 10.1. The molecule has 0 bridgehead atoms. The molecule has 4 nitrogen and oxygen atoms in total.